The summed E-state index contributed by atoms with van der Waals surface area (Å²) < 4.78 is 6.55. The van der Waals surface area contributed by atoms with Crippen molar-refractivity contribution in [3.8, 4) is 0 Å². The van der Waals surface area contributed by atoms with Crippen LogP contribution in [0.2, 0.25) is 0 Å². The predicted octanol–water partition coefficient (Wildman–Crippen LogP) is 3.77. The maximum Gasteiger partial charge on any atom is 0.311 e. The molecule has 0 atom stereocenters. The molecule has 116 valence electrons. The number of imidazole rings is 1. The Labute approximate surface area is 133 Å². The second kappa shape index (κ2) is 6.39. The number of fused-ring (bicyclic) bond motifs is 1. The summed E-state index contributed by atoms with van der Waals surface area (Å²) in [5.41, 5.74) is 3.09. The van der Waals surface area contributed by atoms with Crippen LogP contribution in [0.3, 0.4) is 0 Å². The van der Waals surface area contributed by atoms with E-state index >= 15 is 0 Å². The smallest absolute Gasteiger partial charge is 0.311 e. The molecule has 3 rings (SSSR count). The lowest BCUT2D eigenvalue weighted by atomic mass is 10.3. The number of nitrogens with zero attached hydrogens (tertiary/aromatic N) is 4. The largest absolute Gasteiger partial charge is 0.469 e. The molecule has 0 aliphatic carbocycles. The van der Waals surface area contributed by atoms with E-state index < -0.39 is 0 Å². The molecule has 6 nitrogen and oxygen atoms in total. The minimum Gasteiger partial charge on any atom is -0.469 e. The minimum absolute atomic E-state index is 0.0559. The number of hydrogen-bond acceptors (Lipinski definition) is 5. The van der Waals surface area contributed by atoms with Crippen molar-refractivity contribution in [2.24, 2.45) is 10.2 Å². The van der Waals surface area contributed by atoms with E-state index in [-0.39, 0.29) is 12.4 Å². The average molecular weight is 308 g/mol. The summed E-state index contributed by atoms with van der Waals surface area (Å²) >= 11 is 0. The molecule has 0 saturated heterocycles. The molecule has 0 radical (unpaired) electrons. The summed E-state index contributed by atoms with van der Waals surface area (Å²) in [6, 6.07) is 13.3. The molecule has 0 fully saturated rings. The summed E-state index contributed by atoms with van der Waals surface area (Å²) in [6.45, 7) is 1.99. The number of carbonyl (C=O) groups excluding carboxylic acids is 1. The Morgan fingerprint density at radius 3 is 2.74 bits per heavy atom. The lowest BCUT2D eigenvalue weighted by Gasteiger charge is -1.99. The zero-order chi connectivity index (χ0) is 16.2. The molecule has 0 saturated carbocycles. The Bertz CT molecular complexity index is 869. The molecule has 0 spiro atoms. The first-order valence-electron chi connectivity index (χ1n) is 7.18. The molecule has 1 aromatic carbocycles. The third-order valence-electron chi connectivity index (χ3n) is 3.38. The number of aromatic nitrogens is 2. The standard InChI is InChI=1S/C17H16N4O2/c1-12-8-9-21-15(10-12)18-14(11-16(22)23-2)17(21)20-19-13-6-4-3-5-7-13/h3-10H,11H2,1-2H3. The minimum atomic E-state index is -0.360. The van der Waals surface area contributed by atoms with Gasteiger partial charge in [-0.2, -0.15) is 0 Å². The Hall–Kier alpha value is -3.02. The van der Waals surface area contributed by atoms with Crippen molar-refractivity contribution in [1.29, 1.82) is 0 Å². The van der Waals surface area contributed by atoms with Gasteiger partial charge >= 0.3 is 5.97 Å². The number of carbonyl (C=O) groups is 1. The van der Waals surface area contributed by atoms with Crippen LogP contribution in [0.1, 0.15) is 11.3 Å². The first-order valence-corrected chi connectivity index (χ1v) is 7.18. The number of aryl methyl sites for hydroxylation is 1. The number of rotatable bonds is 4. The van der Waals surface area contributed by atoms with Crippen LogP contribution in [0.4, 0.5) is 11.5 Å². The molecule has 2 heterocycles. The topological polar surface area (TPSA) is 68.3 Å². The van der Waals surface area contributed by atoms with Crippen molar-refractivity contribution in [3.63, 3.8) is 0 Å². The normalized spacial score (nSPS) is 11.2. The fourth-order valence-corrected chi connectivity index (χ4v) is 2.22. The van der Waals surface area contributed by atoms with Gasteiger partial charge < -0.3 is 4.74 Å². The molecule has 23 heavy (non-hydrogen) atoms. The molecular formula is C17H16N4O2. The van der Waals surface area contributed by atoms with Crippen LogP contribution in [0.25, 0.3) is 5.65 Å². The van der Waals surface area contributed by atoms with Crippen LogP contribution in [0, 0.1) is 6.92 Å². The van der Waals surface area contributed by atoms with E-state index in [2.05, 4.69) is 15.2 Å². The lowest BCUT2D eigenvalue weighted by molar-refractivity contribution is -0.139. The first-order chi connectivity index (χ1) is 11.2. The van der Waals surface area contributed by atoms with Gasteiger partial charge in [-0.05, 0) is 36.8 Å². The third kappa shape index (κ3) is 3.26. The maximum atomic E-state index is 11.6. The van der Waals surface area contributed by atoms with Gasteiger partial charge in [0, 0.05) is 6.20 Å². The van der Waals surface area contributed by atoms with Crippen molar-refractivity contribution in [2.75, 3.05) is 7.11 Å². The highest BCUT2D eigenvalue weighted by atomic mass is 16.5. The average Bonchev–Trinajstić information content (AvgIpc) is 2.89. The highest BCUT2D eigenvalue weighted by Crippen LogP contribution is 2.25. The van der Waals surface area contributed by atoms with Crippen molar-refractivity contribution in [1.82, 2.24) is 9.38 Å². The van der Waals surface area contributed by atoms with Crippen LogP contribution < -0.4 is 0 Å². The van der Waals surface area contributed by atoms with Gasteiger partial charge in [0.2, 0.25) is 0 Å². The predicted molar refractivity (Wildman–Crippen MR) is 86.3 cm³/mol. The molecule has 0 aliphatic rings. The zero-order valence-corrected chi connectivity index (χ0v) is 12.9. The number of hydrogen-bond donors (Lipinski definition) is 0. The van der Waals surface area contributed by atoms with E-state index in [1.54, 1.807) is 0 Å². The van der Waals surface area contributed by atoms with Crippen LogP contribution in [-0.4, -0.2) is 22.5 Å². The van der Waals surface area contributed by atoms with Crippen LogP contribution >= 0.6 is 0 Å². The molecule has 6 heteroatoms. The quantitative estimate of drug-likeness (QED) is 0.544. The van der Waals surface area contributed by atoms with Crippen molar-refractivity contribution in [3.05, 3.63) is 59.9 Å². The Morgan fingerprint density at radius 1 is 1.22 bits per heavy atom. The summed E-state index contributed by atoms with van der Waals surface area (Å²) in [5.74, 6) is 0.176. The zero-order valence-electron chi connectivity index (χ0n) is 12.9. The molecule has 3 aromatic rings. The monoisotopic (exact) mass is 308 g/mol. The molecule has 0 unspecified atom stereocenters. The SMILES string of the molecule is COC(=O)Cc1nc2cc(C)ccn2c1N=Nc1ccccc1. The second-order valence-electron chi connectivity index (χ2n) is 5.10. The lowest BCUT2D eigenvalue weighted by Crippen LogP contribution is -2.04. The number of benzene rings is 1. The molecular weight excluding hydrogens is 292 g/mol. The number of azo groups is 1. The maximum absolute atomic E-state index is 11.6. The van der Waals surface area contributed by atoms with E-state index in [1.807, 2.05) is 60.0 Å². The van der Waals surface area contributed by atoms with E-state index in [1.165, 1.54) is 7.11 Å². The highest BCUT2D eigenvalue weighted by molar-refractivity contribution is 5.74. The van der Waals surface area contributed by atoms with E-state index in [9.17, 15) is 4.79 Å². The molecule has 0 bridgehead atoms. The summed E-state index contributed by atoms with van der Waals surface area (Å²) in [6.07, 6.45) is 1.93. The Morgan fingerprint density at radius 2 is 2.00 bits per heavy atom. The number of esters is 1. The van der Waals surface area contributed by atoms with E-state index in [0.717, 1.165) is 16.9 Å². The Balaban J connectivity index is 2.06. The van der Waals surface area contributed by atoms with E-state index in [4.69, 9.17) is 4.74 Å². The summed E-state index contributed by atoms with van der Waals surface area (Å²) in [7, 11) is 1.35. The van der Waals surface area contributed by atoms with Gasteiger partial charge in [-0.25, -0.2) is 4.98 Å². The molecule has 0 aliphatic heterocycles. The van der Waals surface area contributed by atoms with Gasteiger partial charge in [0.05, 0.1) is 24.9 Å². The van der Waals surface area contributed by atoms with Crippen molar-refractivity contribution < 1.29 is 9.53 Å². The van der Waals surface area contributed by atoms with Gasteiger partial charge in [0.25, 0.3) is 0 Å². The Kier molecular flexibility index (Phi) is 4.14. The van der Waals surface area contributed by atoms with Gasteiger partial charge in [0.15, 0.2) is 5.82 Å². The van der Waals surface area contributed by atoms with Crippen molar-refractivity contribution >= 4 is 23.1 Å². The van der Waals surface area contributed by atoms with E-state index in [0.29, 0.717) is 11.5 Å². The van der Waals surface area contributed by atoms with Crippen molar-refractivity contribution in [2.45, 2.75) is 13.3 Å². The number of methoxy groups -OCH3 is 1. The number of ether oxygens (including phenoxy) is 1. The molecule has 0 amide bonds. The fourth-order valence-electron chi connectivity index (χ4n) is 2.22. The van der Waals surface area contributed by atoms with Gasteiger partial charge in [0.1, 0.15) is 5.65 Å². The summed E-state index contributed by atoms with van der Waals surface area (Å²) in [4.78, 5) is 16.1. The molecule has 2 aromatic heterocycles. The van der Waals surface area contributed by atoms with Gasteiger partial charge in [-0.1, -0.05) is 18.2 Å². The highest BCUT2D eigenvalue weighted by Gasteiger charge is 2.15. The van der Waals surface area contributed by atoms with Crippen LogP contribution in [-0.2, 0) is 16.0 Å². The van der Waals surface area contributed by atoms with Crippen LogP contribution in [0.5, 0.6) is 0 Å². The van der Waals surface area contributed by atoms with Gasteiger partial charge in [-0.15, -0.1) is 10.2 Å². The van der Waals surface area contributed by atoms with Gasteiger partial charge in [-0.3, -0.25) is 9.20 Å². The number of pyridine rings is 1. The fraction of sp³-hybridized carbons (Fsp3) is 0.176. The molecule has 0 N–H and O–H groups in total. The van der Waals surface area contributed by atoms with Crippen LogP contribution in [0.15, 0.2) is 58.9 Å². The first kappa shape index (κ1) is 14.9. The summed E-state index contributed by atoms with van der Waals surface area (Å²) in [5, 5.41) is 8.53. The third-order valence-corrected chi connectivity index (χ3v) is 3.38. The second-order valence-corrected chi connectivity index (χ2v) is 5.10.